The van der Waals surface area contributed by atoms with Gasteiger partial charge < -0.3 is 14.8 Å². The molecule has 0 atom stereocenters. The minimum Gasteiger partial charge on any atom is -0.493 e. The molecule has 0 saturated carbocycles. The van der Waals surface area contributed by atoms with Gasteiger partial charge in [0.1, 0.15) is 12.7 Å². The lowest BCUT2D eigenvalue weighted by atomic mass is 10.1. The van der Waals surface area contributed by atoms with Crippen molar-refractivity contribution in [3.05, 3.63) is 59.6 Å². The standard InChI is InChI=1S/C17H15ClN4O3/c1-24-15-6-3-11(7-16(15)25-2)21-17(23)13-8-12(4-5-14(13)18)22-9-19-20-10-22/h3-10H,1-2H3,(H,21,23). The number of aromatic nitrogens is 3. The lowest BCUT2D eigenvalue weighted by molar-refractivity contribution is 0.102. The van der Waals surface area contributed by atoms with Crippen LogP contribution in [0.4, 0.5) is 5.69 Å². The number of halogens is 1. The van der Waals surface area contributed by atoms with E-state index in [1.807, 2.05) is 0 Å². The van der Waals surface area contributed by atoms with Crippen LogP contribution in [0.1, 0.15) is 10.4 Å². The Kier molecular flexibility index (Phi) is 4.85. The summed E-state index contributed by atoms with van der Waals surface area (Å²) in [4.78, 5) is 12.6. The van der Waals surface area contributed by atoms with Crippen molar-refractivity contribution in [2.45, 2.75) is 0 Å². The molecule has 8 heteroatoms. The van der Waals surface area contributed by atoms with Gasteiger partial charge in [-0.15, -0.1) is 10.2 Å². The van der Waals surface area contributed by atoms with E-state index >= 15 is 0 Å². The fourth-order valence-corrected chi connectivity index (χ4v) is 2.50. The Hall–Kier alpha value is -3.06. The van der Waals surface area contributed by atoms with Crippen molar-refractivity contribution in [3.8, 4) is 17.2 Å². The first-order chi connectivity index (χ1) is 12.1. The number of amides is 1. The first-order valence-corrected chi connectivity index (χ1v) is 7.68. The Labute approximate surface area is 149 Å². The Bertz CT molecular complexity index is 897. The maximum absolute atomic E-state index is 12.6. The summed E-state index contributed by atoms with van der Waals surface area (Å²) < 4.78 is 12.1. The van der Waals surface area contributed by atoms with Crippen LogP contribution in [-0.4, -0.2) is 34.9 Å². The molecule has 0 aliphatic heterocycles. The predicted molar refractivity (Wildman–Crippen MR) is 93.9 cm³/mol. The van der Waals surface area contributed by atoms with Gasteiger partial charge in [0.25, 0.3) is 5.91 Å². The summed E-state index contributed by atoms with van der Waals surface area (Å²) in [6.45, 7) is 0. The molecule has 7 nitrogen and oxygen atoms in total. The van der Waals surface area contributed by atoms with Gasteiger partial charge in [-0.2, -0.15) is 0 Å². The van der Waals surface area contributed by atoms with Gasteiger partial charge in [0.05, 0.1) is 24.8 Å². The Morgan fingerprint density at radius 1 is 1.04 bits per heavy atom. The fraction of sp³-hybridized carbons (Fsp3) is 0.118. The van der Waals surface area contributed by atoms with Crippen LogP contribution in [0.15, 0.2) is 49.1 Å². The van der Waals surface area contributed by atoms with Crippen LogP contribution in [-0.2, 0) is 0 Å². The number of rotatable bonds is 5. The van der Waals surface area contributed by atoms with Crippen molar-refractivity contribution < 1.29 is 14.3 Å². The molecule has 0 unspecified atom stereocenters. The lowest BCUT2D eigenvalue weighted by Gasteiger charge is -2.12. The zero-order valence-electron chi connectivity index (χ0n) is 13.6. The SMILES string of the molecule is COc1ccc(NC(=O)c2cc(-n3cnnc3)ccc2Cl)cc1OC. The topological polar surface area (TPSA) is 78.3 Å². The smallest absolute Gasteiger partial charge is 0.257 e. The maximum atomic E-state index is 12.6. The summed E-state index contributed by atoms with van der Waals surface area (Å²) in [5, 5.41) is 10.6. The van der Waals surface area contributed by atoms with Crippen LogP contribution in [0.3, 0.4) is 0 Å². The molecule has 128 valence electrons. The number of hydrogen-bond acceptors (Lipinski definition) is 5. The molecule has 1 amide bonds. The van der Waals surface area contributed by atoms with E-state index in [0.717, 1.165) is 5.69 Å². The van der Waals surface area contributed by atoms with Crippen LogP contribution in [0.25, 0.3) is 5.69 Å². The highest BCUT2D eigenvalue weighted by molar-refractivity contribution is 6.34. The second-order valence-corrected chi connectivity index (χ2v) is 5.46. The Balaban J connectivity index is 1.87. The molecular formula is C17H15ClN4O3. The van der Waals surface area contributed by atoms with Crippen molar-refractivity contribution in [2.75, 3.05) is 19.5 Å². The normalized spacial score (nSPS) is 10.4. The van der Waals surface area contributed by atoms with Gasteiger partial charge in [-0.25, -0.2) is 0 Å². The maximum Gasteiger partial charge on any atom is 0.257 e. The van der Waals surface area contributed by atoms with E-state index in [1.165, 1.54) is 7.11 Å². The summed E-state index contributed by atoms with van der Waals surface area (Å²) in [5.74, 6) is 0.755. The second kappa shape index (κ2) is 7.23. The number of nitrogens with zero attached hydrogens (tertiary/aromatic N) is 3. The molecule has 0 bridgehead atoms. The van der Waals surface area contributed by atoms with Crippen LogP contribution in [0, 0.1) is 0 Å². The van der Waals surface area contributed by atoms with Gasteiger partial charge in [0, 0.05) is 17.4 Å². The molecule has 0 aliphatic carbocycles. The van der Waals surface area contributed by atoms with Gasteiger partial charge in [-0.1, -0.05) is 11.6 Å². The number of methoxy groups -OCH3 is 2. The number of nitrogens with one attached hydrogen (secondary N) is 1. The van der Waals surface area contributed by atoms with Crippen molar-refractivity contribution >= 4 is 23.2 Å². The molecule has 0 spiro atoms. The largest absolute Gasteiger partial charge is 0.493 e. The molecule has 3 rings (SSSR count). The molecule has 2 aromatic carbocycles. The molecule has 0 radical (unpaired) electrons. The third-order valence-electron chi connectivity index (χ3n) is 3.55. The van der Waals surface area contributed by atoms with E-state index in [-0.39, 0.29) is 5.91 Å². The highest BCUT2D eigenvalue weighted by Gasteiger charge is 2.14. The van der Waals surface area contributed by atoms with Gasteiger partial charge in [-0.05, 0) is 30.3 Å². The lowest BCUT2D eigenvalue weighted by Crippen LogP contribution is -2.13. The second-order valence-electron chi connectivity index (χ2n) is 5.06. The van der Waals surface area contributed by atoms with E-state index in [9.17, 15) is 4.79 Å². The van der Waals surface area contributed by atoms with Crippen LogP contribution in [0.5, 0.6) is 11.5 Å². The summed E-state index contributed by atoms with van der Waals surface area (Å²) in [6.07, 6.45) is 3.08. The van der Waals surface area contributed by atoms with Crippen LogP contribution < -0.4 is 14.8 Å². The fourth-order valence-electron chi connectivity index (χ4n) is 2.29. The molecular weight excluding hydrogens is 344 g/mol. The monoisotopic (exact) mass is 358 g/mol. The van der Waals surface area contributed by atoms with Gasteiger partial charge in [-0.3, -0.25) is 9.36 Å². The Morgan fingerprint density at radius 2 is 1.76 bits per heavy atom. The Morgan fingerprint density at radius 3 is 2.44 bits per heavy atom. The minimum atomic E-state index is -0.341. The molecule has 3 aromatic rings. The molecule has 0 fully saturated rings. The quantitative estimate of drug-likeness (QED) is 0.757. The number of carbonyl (C=O) groups is 1. The average molecular weight is 359 g/mol. The van der Waals surface area contributed by atoms with Crippen molar-refractivity contribution in [1.82, 2.24) is 14.8 Å². The first kappa shape index (κ1) is 16.8. The molecule has 1 aromatic heterocycles. The summed E-state index contributed by atoms with van der Waals surface area (Å²) in [7, 11) is 3.08. The van der Waals surface area contributed by atoms with E-state index in [2.05, 4.69) is 15.5 Å². The van der Waals surface area contributed by atoms with Crippen molar-refractivity contribution in [1.29, 1.82) is 0 Å². The minimum absolute atomic E-state index is 0.336. The zero-order chi connectivity index (χ0) is 17.8. The average Bonchev–Trinajstić information content (AvgIpc) is 3.16. The molecule has 25 heavy (non-hydrogen) atoms. The first-order valence-electron chi connectivity index (χ1n) is 7.30. The number of carbonyl (C=O) groups excluding carboxylic acids is 1. The third kappa shape index (κ3) is 3.56. The van der Waals surface area contributed by atoms with Gasteiger partial charge >= 0.3 is 0 Å². The van der Waals surface area contributed by atoms with Gasteiger partial charge in [0.15, 0.2) is 11.5 Å². The number of benzene rings is 2. The predicted octanol–water partition coefficient (Wildman–Crippen LogP) is 3.19. The van der Waals surface area contributed by atoms with Crippen LogP contribution >= 0.6 is 11.6 Å². The molecule has 1 heterocycles. The van der Waals surface area contributed by atoms with Crippen LogP contribution in [0.2, 0.25) is 5.02 Å². The number of anilines is 1. The van der Waals surface area contributed by atoms with Gasteiger partial charge in [0.2, 0.25) is 0 Å². The summed E-state index contributed by atoms with van der Waals surface area (Å²) >= 11 is 6.18. The summed E-state index contributed by atoms with van der Waals surface area (Å²) in [5.41, 5.74) is 1.63. The third-order valence-corrected chi connectivity index (χ3v) is 3.88. The van der Waals surface area contributed by atoms with Crippen molar-refractivity contribution in [3.63, 3.8) is 0 Å². The summed E-state index contributed by atoms with van der Waals surface area (Å²) in [6, 6.07) is 10.2. The molecule has 0 aliphatic rings. The zero-order valence-corrected chi connectivity index (χ0v) is 14.3. The van der Waals surface area contributed by atoms with E-state index < -0.39 is 0 Å². The van der Waals surface area contributed by atoms with E-state index in [4.69, 9.17) is 21.1 Å². The molecule has 1 N–H and O–H groups in total. The van der Waals surface area contributed by atoms with E-state index in [1.54, 1.807) is 60.7 Å². The number of ether oxygens (including phenoxy) is 2. The highest BCUT2D eigenvalue weighted by Crippen LogP contribution is 2.30. The molecule has 0 saturated heterocycles. The number of hydrogen-bond donors (Lipinski definition) is 1. The van der Waals surface area contributed by atoms with E-state index in [0.29, 0.717) is 27.8 Å². The van der Waals surface area contributed by atoms with Crippen molar-refractivity contribution in [2.24, 2.45) is 0 Å². The highest BCUT2D eigenvalue weighted by atomic mass is 35.5.